The van der Waals surface area contributed by atoms with Crippen molar-refractivity contribution < 1.29 is 9.59 Å². The van der Waals surface area contributed by atoms with Crippen LogP contribution >= 0.6 is 27.5 Å². The van der Waals surface area contributed by atoms with Crippen molar-refractivity contribution in [3.05, 3.63) is 27.7 Å². The standard InChI is InChI=1S/C9H6BrClN2O2/c10-6-2-1-5(3-7(6)11)13-4-8(14)12-9(13)15/h1-3H,4H2,(H,12,14,15). The Bertz CT molecular complexity index is 450. The molecule has 78 valence electrons. The molecule has 1 saturated heterocycles. The summed E-state index contributed by atoms with van der Waals surface area (Å²) in [4.78, 5) is 23.6. The van der Waals surface area contributed by atoms with Crippen LogP contribution in [0.25, 0.3) is 0 Å². The van der Waals surface area contributed by atoms with Gasteiger partial charge in [0.25, 0.3) is 0 Å². The molecule has 0 radical (unpaired) electrons. The van der Waals surface area contributed by atoms with Crippen molar-refractivity contribution in [2.75, 3.05) is 11.4 Å². The number of amides is 3. The highest BCUT2D eigenvalue weighted by Gasteiger charge is 2.27. The predicted octanol–water partition coefficient (Wildman–Crippen LogP) is 2.16. The Morgan fingerprint density at radius 2 is 2.13 bits per heavy atom. The van der Waals surface area contributed by atoms with E-state index < -0.39 is 6.03 Å². The maximum Gasteiger partial charge on any atom is 0.329 e. The minimum atomic E-state index is -0.418. The van der Waals surface area contributed by atoms with E-state index in [2.05, 4.69) is 21.2 Å². The van der Waals surface area contributed by atoms with Crippen molar-refractivity contribution in [1.82, 2.24) is 5.32 Å². The summed E-state index contributed by atoms with van der Waals surface area (Å²) >= 11 is 9.13. The summed E-state index contributed by atoms with van der Waals surface area (Å²) in [5, 5.41) is 2.69. The molecule has 0 unspecified atom stereocenters. The van der Waals surface area contributed by atoms with Gasteiger partial charge in [0.2, 0.25) is 5.91 Å². The second-order valence-electron chi connectivity index (χ2n) is 3.04. The SMILES string of the molecule is O=C1CN(c2ccc(Br)c(Cl)c2)C(=O)N1. The normalized spacial score (nSPS) is 15.7. The Morgan fingerprint density at radius 3 is 2.67 bits per heavy atom. The first-order valence-electron chi connectivity index (χ1n) is 4.14. The molecule has 0 aliphatic carbocycles. The third-order valence-electron chi connectivity index (χ3n) is 2.01. The molecule has 0 atom stereocenters. The third kappa shape index (κ3) is 1.98. The Hall–Kier alpha value is -1.07. The van der Waals surface area contributed by atoms with Crippen LogP contribution in [-0.2, 0) is 4.79 Å². The van der Waals surface area contributed by atoms with E-state index in [0.29, 0.717) is 10.7 Å². The maximum atomic E-state index is 11.3. The minimum absolute atomic E-state index is 0.0385. The number of urea groups is 1. The summed E-state index contributed by atoms with van der Waals surface area (Å²) in [5.41, 5.74) is 0.603. The van der Waals surface area contributed by atoms with Crippen LogP contribution < -0.4 is 10.2 Å². The van der Waals surface area contributed by atoms with Gasteiger partial charge in [-0.15, -0.1) is 0 Å². The van der Waals surface area contributed by atoms with E-state index in [0.717, 1.165) is 4.47 Å². The van der Waals surface area contributed by atoms with Crippen LogP contribution in [0.1, 0.15) is 0 Å². The van der Waals surface area contributed by atoms with Crippen LogP contribution in [0, 0.1) is 0 Å². The third-order valence-corrected chi connectivity index (χ3v) is 3.24. The molecule has 1 heterocycles. The van der Waals surface area contributed by atoms with Crippen molar-refractivity contribution in [3.63, 3.8) is 0 Å². The lowest BCUT2D eigenvalue weighted by atomic mass is 10.3. The molecular weight excluding hydrogens is 283 g/mol. The number of anilines is 1. The van der Waals surface area contributed by atoms with Gasteiger partial charge in [-0.25, -0.2) is 4.79 Å². The monoisotopic (exact) mass is 288 g/mol. The van der Waals surface area contributed by atoms with E-state index in [4.69, 9.17) is 11.6 Å². The lowest BCUT2D eigenvalue weighted by molar-refractivity contribution is -0.117. The van der Waals surface area contributed by atoms with E-state index in [-0.39, 0.29) is 12.5 Å². The lowest BCUT2D eigenvalue weighted by Crippen LogP contribution is -2.27. The topological polar surface area (TPSA) is 49.4 Å². The fraction of sp³-hybridized carbons (Fsp3) is 0.111. The molecule has 0 spiro atoms. The molecule has 1 N–H and O–H groups in total. The summed E-state index contributed by atoms with van der Waals surface area (Å²) in [6.07, 6.45) is 0. The summed E-state index contributed by atoms with van der Waals surface area (Å²) in [6, 6.07) is 4.66. The molecule has 1 aliphatic rings. The van der Waals surface area contributed by atoms with Crippen molar-refractivity contribution in [2.24, 2.45) is 0 Å². The smallest absolute Gasteiger partial charge is 0.285 e. The van der Waals surface area contributed by atoms with E-state index in [1.165, 1.54) is 4.90 Å². The van der Waals surface area contributed by atoms with Gasteiger partial charge in [0, 0.05) is 10.2 Å². The van der Waals surface area contributed by atoms with Crippen molar-refractivity contribution in [3.8, 4) is 0 Å². The predicted molar refractivity (Wildman–Crippen MR) is 60.0 cm³/mol. The first kappa shape index (κ1) is 10.4. The number of hydrogen-bond donors (Lipinski definition) is 1. The molecule has 6 heteroatoms. The molecular formula is C9H6BrClN2O2. The van der Waals surface area contributed by atoms with Crippen molar-refractivity contribution in [2.45, 2.75) is 0 Å². The fourth-order valence-electron chi connectivity index (χ4n) is 1.30. The molecule has 1 aliphatic heterocycles. The Balaban J connectivity index is 2.34. The molecule has 0 saturated carbocycles. The number of halogens is 2. The highest BCUT2D eigenvalue weighted by molar-refractivity contribution is 9.10. The van der Waals surface area contributed by atoms with E-state index >= 15 is 0 Å². The fourth-order valence-corrected chi connectivity index (χ4v) is 1.72. The zero-order valence-electron chi connectivity index (χ0n) is 7.46. The molecule has 15 heavy (non-hydrogen) atoms. The van der Waals surface area contributed by atoms with Crippen molar-refractivity contribution >= 4 is 45.2 Å². The first-order valence-corrected chi connectivity index (χ1v) is 5.31. The van der Waals surface area contributed by atoms with Gasteiger partial charge in [-0.3, -0.25) is 15.0 Å². The summed E-state index contributed by atoms with van der Waals surface area (Å²) in [5.74, 6) is -0.306. The lowest BCUT2D eigenvalue weighted by Gasteiger charge is -2.13. The van der Waals surface area contributed by atoms with E-state index in [1.54, 1.807) is 18.2 Å². The number of carbonyl (C=O) groups is 2. The second kappa shape index (κ2) is 3.83. The molecule has 0 aromatic heterocycles. The minimum Gasteiger partial charge on any atom is -0.285 e. The Morgan fingerprint density at radius 1 is 1.40 bits per heavy atom. The number of nitrogens with one attached hydrogen (secondary N) is 1. The van der Waals surface area contributed by atoms with Crippen LogP contribution in [-0.4, -0.2) is 18.5 Å². The average Bonchev–Trinajstić information content (AvgIpc) is 2.50. The number of imide groups is 1. The van der Waals surface area contributed by atoms with E-state index in [1.807, 2.05) is 0 Å². The Kier molecular flexibility index (Phi) is 2.67. The number of hydrogen-bond acceptors (Lipinski definition) is 2. The Labute approximate surface area is 99.3 Å². The van der Waals surface area contributed by atoms with Crippen LogP contribution in [0.2, 0.25) is 5.02 Å². The van der Waals surface area contributed by atoms with Crippen LogP contribution in [0.5, 0.6) is 0 Å². The highest BCUT2D eigenvalue weighted by atomic mass is 79.9. The molecule has 1 aromatic rings. The maximum absolute atomic E-state index is 11.3. The van der Waals surface area contributed by atoms with Crippen LogP contribution in [0.3, 0.4) is 0 Å². The number of nitrogens with zero attached hydrogens (tertiary/aromatic N) is 1. The first-order chi connectivity index (χ1) is 7.08. The van der Waals surface area contributed by atoms with Gasteiger partial charge in [0.1, 0.15) is 6.54 Å². The van der Waals surface area contributed by atoms with Gasteiger partial charge >= 0.3 is 6.03 Å². The number of benzene rings is 1. The molecule has 1 fully saturated rings. The van der Waals surface area contributed by atoms with E-state index in [9.17, 15) is 9.59 Å². The van der Waals surface area contributed by atoms with Crippen LogP contribution in [0.15, 0.2) is 22.7 Å². The van der Waals surface area contributed by atoms with Gasteiger partial charge in [-0.1, -0.05) is 11.6 Å². The average molecular weight is 290 g/mol. The molecule has 4 nitrogen and oxygen atoms in total. The summed E-state index contributed by atoms with van der Waals surface area (Å²) < 4.78 is 0.749. The summed E-state index contributed by atoms with van der Waals surface area (Å²) in [7, 11) is 0. The number of rotatable bonds is 1. The van der Waals surface area contributed by atoms with Gasteiger partial charge in [0.15, 0.2) is 0 Å². The van der Waals surface area contributed by atoms with Gasteiger partial charge < -0.3 is 0 Å². The molecule has 0 bridgehead atoms. The molecule has 3 amide bonds. The number of carbonyl (C=O) groups excluding carboxylic acids is 2. The van der Waals surface area contributed by atoms with Gasteiger partial charge in [-0.2, -0.15) is 0 Å². The van der Waals surface area contributed by atoms with Gasteiger partial charge in [0.05, 0.1) is 5.02 Å². The van der Waals surface area contributed by atoms with Gasteiger partial charge in [-0.05, 0) is 34.1 Å². The second-order valence-corrected chi connectivity index (χ2v) is 4.30. The zero-order valence-corrected chi connectivity index (χ0v) is 9.80. The summed E-state index contributed by atoms with van der Waals surface area (Å²) in [6.45, 7) is 0.0385. The molecule has 2 rings (SSSR count). The van der Waals surface area contributed by atoms with Crippen molar-refractivity contribution in [1.29, 1.82) is 0 Å². The quantitative estimate of drug-likeness (QED) is 0.806. The van der Waals surface area contributed by atoms with Crippen LogP contribution in [0.4, 0.5) is 10.5 Å². The molecule has 1 aromatic carbocycles. The zero-order chi connectivity index (χ0) is 11.0. The highest BCUT2D eigenvalue weighted by Crippen LogP contribution is 2.28. The largest absolute Gasteiger partial charge is 0.329 e.